The zero-order chi connectivity index (χ0) is 32.4. The molecule has 7 fully saturated rings. The Morgan fingerprint density at radius 3 is 2.24 bits per heavy atom. The molecule has 0 aromatic rings. The highest BCUT2D eigenvalue weighted by Gasteiger charge is 2.76. The van der Waals surface area contributed by atoms with Gasteiger partial charge in [-0.2, -0.15) is 0 Å². The summed E-state index contributed by atoms with van der Waals surface area (Å²) in [6.07, 6.45) is -9.60. The van der Waals surface area contributed by atoms with E-state index in [9.17, 15) is 40.9 Å². The Morgan fingerprint density at radius 2 is 1.58 bits per heavy atom. The summed E-state index contributed by atoms with van der Waals surface area (Å²) in [6, 6.07) is 0. The number of ether oxygens (including phenoxy) is 4. The molecule has 0 radical (unpaired) electrons. The zero-order valence-corrected chi connectivity index (χ0v) is 26.4. The van der Waals surface area contributed by atoms with Crippen molar-refractivity contribution < 1.29 is 59.8 Å². The first-order valence-electron chi connectivity index (χ1n) is 16.9. The average Bonchev–Trinajstić information content (AvgIpc) is 3.47. The van der Waals surface area contributed by atoms with Crippen LogP contribution in [0.25, 0.3) is 0 Å². The van der Waals surface area contributed by atoms with Gasteiger partial charge in [0.15, 0.2) is 12.1 Å². The van der Waals surface area contributed by atoms with Crippen LogP contribution in [0.2, 0.25) is 0 Å². The number of fused-ring (bicyclic) bond motifs is 7. The third-order valence-corrected chi connectivity index (χ3v) is 14.2. The maximum atomic E-state index is 11.8. The molecule has 12 heteroatoms. The molecule has 1 spiro atoms. The van der Waals surface area contributed by atoms with Gasteiger partial charge in [-0.15, -0.1) is 0 Å². The van der Waals surface area contributed by atoms with Crippen LogP contribution in [0.4, 0.5) is 0 Å². The van der Waals surface area contributed by atoms with Gasteiger partial charge in [-0.3, -0.25) is 0 Å². The van der Waals surface area contributed by atoms with Crippen molar-refractivity contribution in [3.05, 3.63) is 12.2 Å². The molecule has 45 heavy (non-hydrogen) atoms. The molecule has 3 heterocycles. The zero-order valence-electron chi connectivity index (χ0n) is 26.4. The second kappa shape index (κ2) is 10.9. The SMILES string of the molecule is C=C1CCC2(OC1)OC1CC3C4CCC5(O[C@@H]6O[C@H](CO)[C@@H](O)[C@H](O)[C@H]6O)C(O)C(O)C(O)C(O)C5(C)C4CCC3(C)C1C2C. The summed E-state index contributed by atoms with van der Waals surface area (Å²) >= 11 is 0. The largest absolute Gasteiger partial charge is 0.394 e. The van der Waals surface area contributed by atoms with Crippen molar-refractivity contribution in [2.24, 2.45) is 40.4 Å². The summed E-state index contributed by atoms with van der Waals surface area (Å²) in [6.45, 7) is 10.3. The number of hydrogen-bond donors (Lipinski definition) is 8. The molecule has 7 rings (SSSR count). The van der Waals surface area contributed by atoms with Crippen molar-refractivity contribution in [1.82, 2.24) is 0 Å². The fourth-order valence-corrected chi connectivity index (χ4v) is 11.8. The minimum atomic E-state index is -1.74. The van der Waals surface area contributed by atoms with Crippen molar-refractivity contribution in [3.63, 3.8) is 0 Å². The summed E-state index contributed by atoms with van der Waals surface area (Å²) in [4.78, 5) is 0. The summed E-state index contributed by atoms with van der Waals surface area (Å²) in [5.41, 5.74) is -1.96. The number of hydrogen-bond acceptors (Lipinski definition) is 12. The molecule has 3 aliphatic heterocycles. The number of aliphatic hydroxyl groups excluding tert-OH is 8. The summed E-state index contributed by atoms with van der Waals surface area (Å²) in [5, 5.41) is 87.1. The van der Waals surface area contributed by atoms with E-state index in [4.69, 9.17) is 18.9 Å². The normalized spacial score (nSPS) is 61.0. The van der Waals surface area contributed by atoms with Crippen LogP contribution in [0.5, 0.6) is 0 Å². The molecule has 0 amide bonds. The van der Waals surface area contributed by atoms with E-state index in [1.165, 1.54) is 0 Å². The molecule has 4 aliphatic carbocycles. The van der Waals surface area contributed by atoms with E-state index < -0.39 is 78.5 Å². The van der Waals surface area contributed by atoms with Gasteiger partial charge in [0.1, 0.15) is 48.3 Å². The molecule has 256 valence electrons. The first kappa shape index (κ1) is 32.8. The highest BCUT2D eigenvalue weighted by Crippen LogP contribution is 2.72. The smallest absolute Gasteiger partial charge is 0.187 e. The van der Waals surface area contributed by atoms with E-state index in [0.717, 1.165) is 31.3 Å². The molecular formula is C33H52O12. The van der Waals surface area contributed by atoms with E-state index >= 15 is 0 Å². The molecule has 8 N–H and O–H groups in total. The van der Waals surface area contributed by atoms with Crippen molar-refractivity contribution in [3.8, 4) is 0 Å². The van der Waals surface area contributed by atoms with Crippen LogP contribution < -0.4 is 0 Å². The van der Waals surface area contributed by atoms with E-state index in [1.54, 1.807) is 6.92 Å². The van der Waals surface area contributed by atoms with Gasteiger partial charge < -0.3 is 59.8 Å². The Morgan fingerprint density at radius 1 is 0.867 bits per heavy atom. The average molecular weight is 641 g/mol. The lowest BCUT2D eigenvalue weighted by atomic mass is 9.41. The van der Waals surface area contributed by atoms with Crippen LogP contribution in [0.15, 0.2) is 12.2 Å². The molecule has 0 aromatic heterocycles. The topological polar surface area (TPSA) is 199 Å². The highest BCUT2D eigenvalue weighted by molar-refractivity contribution is 5.24. The number of aliphatic hydroxyl groups is 8. The van der Waals surface area contributed by atoms with Crippen LogP contribution >= 0.6 is 0 Å². The van der Waals surface area contributed by atoms with Crippen LogP contribution in [-0.4, -0.2) is 127 Å². The minimum absolute atomic E-state index is 0.0271. The predicted octanol–water partition coefficient (Wildman–Crippen LogP) is -0.435. The van der Waals surface area contributed by atoms with Gasteiger partial charge in [-0.05, 0) is 67.6 Å². The maximum Gasteiger partial charge on any atom is 0.187 e. The highest BCUT2D eigenvalue weighted by atomic mass is 16.7. The minimum Gasteiger partial charge on any atom is -0.394 e. The quantitative estimate of drug-likeness (QED) is 0.147. The summed E-state index contributed by atoms with van der Waals surface area (Å²) < 4.78 is 25.3. The van der Waals surface area contributed by atoms with Gasteiger partial charge in [-0.1, -0.05) is 32.9 Å². The molecule has 0 bridgehead atoms. The van der Waals surface area contributed by atoms with Gasteiger partial charge in [0.2, 0.25) is 0 Å². The third kappa shape index (κ3) is 4.21. The van der Waals surface area contributed by atoms with Crippen molar-refractivity contribution in [1.29, 1.82) is 0 Å². The molecule has 7 aliphatic rings. The summed E-state index contributed by atoms with van der Waals surface area (Å²) in [5.74, 6) is -0.0339. The Balaban J connectivity index is 1.21. The second-order valence-electron chi connectivity index (χ2n) is 15.9. The first-order chi connectivity index (χ1) is 21.2. The van der Waals surface area contributed by atoms with E-state index in [1.807, 2.05) is 0 Å². The van der Waals surface area contributed by atoms with Gasteiger partial charge >= 0.3 is 0 Å². The molecule has 4 saturated carbocycles. The van der Waals surface area contributed by atoms with Crippen molar-refractivity contribution in [2.45, 2.75) is 138 Å². The first-order valence-corrected chi connectivity index (χ1v) is 16.9. The lowest BCUT2D eigenvalue weighted by Crippen LogP contribution is -2.79. The van der Waals surface area contributed by atoms with Crippen molar-refractivity contribution >= 4 is 0 Å². The Hall–Kier alpha value is -0.740. The standard InChI is InChI=1S/C33H52O12/c1-14-5-10-33(42-13-14)15(2)21-19(44-33)11-18-16-6-9-32(45-29-26(39)23(36)22(35)20(12-34)43-29)28(41)25(38)24(37)27(40)31(32,4)17(16)7-8-30(18,21)3/h15-29,34-41H,1,5-13H2,2-4H3/t15?,16?,17?,18?,19?,20-,21?,22-,23+,24?,25?,26-,27?,28?,29+,30?,31?,32?,33?/m1/s1. The lowest BCUT2D eigenvalue weighted by Gasteiger charge is -2.68. The predicted molar refractivity (Wildman–Crippen MR) is 156 cm³/mol. The monoisotopic (exact) mass is 640 g/mol. The van der Waals surface area contributed by atoms with Gasteiger partial charge in [0, 0.05) is 17.8 Å². The van der Waals surface area contributed by atoms with E-state index in [0.29, 0.717) is 19.4 Å². The van der Waals surface area contributed by atoms with Crippen LogP contribution in [-0.2, 0) is 18.9 Å². The molecule has 19 atom stereocenters. The van der Waals surface area contributed by atoms with Crippen LogP contribution in [0.3, 0.4) is 0 Å². The molecule has 12 nitrogen and oxygen atoms in total. The third-order valence-electron chi connectivity index (χ3n) is 14.2. The van der Waals surface area contributed by atoms with Crippen LogP contribution in [0, 0.1) is 40.4 Å². The Labute approximate surface area is 263 Å². The fourth-order valence-electron chi connectivity index (χ4n) is 11.8. The second-order valence-corrected chi connectivity index (χ2v) is 15.9. The Bertz CT molecular complexity index is 1160. The fraction of sp³-hybridized carbons (Fsp3) is 0.939. The number of rotatable bonds is 3. The van der Waals surface area contributed by atoms with Gasteiger partial charge in [0.05, 0.1) is 25.4 Å². The molecule has 14 unspecified atom stereocenters. The van der Waals surface area contributed by atoms with E-state index in [2.05, 4.69) is 20.4 Å². The molecule has 3 saturated heterocycles. The Kier molecular flexibility index (Phi) is 7.93. The molecular weight excluding hydrogens is 588 g/mol. The lowest BCUT2D eigenvalue weighted by molar-refractivity contribution is -0.398. The summed E-state index contributed by atoms with van der Waals surface area (Å²) in [7, 11) is 0. The van der Waals surface area contributed by atoms with E-state index in [-0.39, 0.29) is 47.5 Å². The van der Waals surface area contributed by atoms with Crippen LogP contribution in [0.1, 0.15) is 65.7 Å². The van der Waals surface area contributed by atoms with Crippen molar-refractivity contribution in [2.75, 3.05) is 13.2 Å². The maximum absolute atomic E-state index is 11.8. The van der Waals surface area contributed by atoms with Gasteiger partial charge in [-0.25, -0.2) is 0 Å². The van der Waals surface area contributed by atoms with Gasteiger partial charge in [0.25, 0.3) is 0 Å². The molecule has 0 aromatic carbocycles.